The van der Waals surface area contributed by atoms with E-state index in [0.717, 1.165) is 47.5 Å². The van der Waals surface area contributed by atoms with Gasteiger partial charge in [0.1, 0.15) is 12.1 Å². The number of likely N-dealkylation sites (tertiary alicyclic amines) is 1. The van der Waals surface area contributed by atoms with E-state index in [1.54, 1.807) is 16.2 Å². The molecule has 2 heterocycles. The molecule has 1 aromatic carbocycles. The molecular weight excluding hydrogens is 510 g/mol. The quantitative estimate of drug-likeness (QED) is 0.336. The highest BCUT2D eigenvalue weighted by molar-refractivity contribution is 7.13. The molecule has 0 bridgehead atoms. The van der Waals surface area contributed by atoms with Gasteiger partial charge in [-0.2, -0.15) is 0 Å². The van der Waals surface area contributed by atoms with Crippen molar-refractivity contribution in [2.45, 2.75) is 98.3 Å². The molecule has 1 saturated heterocycles. The molecule has 0 radical (unpaired) electrons. The smallest absolute Gasteiger partial charge is 0.246 e. The van der Waals surface area contributed by atoms with Crippen molar-refractivity contribution >= 4 is 29.1 Å². The second-order valence-corrected chi connectivity index (χ2v) is 12.7. The number of aryl methyl sites for hydroxylation is 1. The first kappa shape index (κ1) is 30.8. The number of aromatic nitrogens is 1. The predicted octanol–water partition coefficient (Wildman–Crippen LogP) is 4.42. The summed E-state index contributed by atoms with van der Waals surface area (Å²) < 4.78 is 0. The molecule has 2 aromatic rings. The lowest BCUT2D eigenvalue weighted by atomic mass is 9.85. The summed E-state index contributed by atoms with van der Waals surface area (Å²) in [6, 6.07) is 7.32. The highest BCUT2D eigenvalue weighted by atomic mass is 32.1. The molecule has 39 heavy (non-hydrogen) atoms. The van der Waals surface area contributed by atoms with Crippen molar-refractivity contribution in [2.75, 3.05) is 13.1 Å². The number of benzene rings is 1. The Kier molecular flexibility index (Phi) is 11.1. The van der Waals surface area contributed by atoms with E-state index < -0.39 is 17.5 Å². The lowest BCUT2D eigenvalue weighted by Crippen LogP contribution is -2.57. The van der Waals surface area contributed by atoms with Crippen molar-refractivity contribution in [2.24, 2.45) is 5.41 Å². The zero-order valence-electron chi connectivity index (χ0n) is 24.3. The molecule has 1 fully saturated rings. The van der Waals surface area contributed by atoms with Crippen LogP contribution in [0.2, 0.25) is 0 Å². The summed E-state index contributed by atoms with van der Waals surface area (Å²) in [6.45, 7) is 13.8. The number of rotatable bonds is 12. The molecule has 3 amide bonds. The molecule has 0 aliphatic carbocycles. The normalized spacial score (nSPS) is 16.4. The van der Waals surface area contributed by atoms with E-state index in [2.05, 4.69) is 34.8 Å². The topological polar surface area (TPSA) is 103 Å². The highest BCUT2D eigenvalue weighted by Gasteiger charge is 2.41. The number of amides is 3. The number of nitrogens with zero attached hydrogens (tertiary/aromatic N) is 2. The first-order valence-corrected chi connectivity index (χ1v) is 15.0. The summed E-state index contributed by atoms with van der Waals surface area (Å²) >= 11 is 1.61. The van der Waals surface area contributed by atoms with Crippen LogP contribution in [-0.2, 0) is 20.9 Å². The van der Waals surface area contributed by atoms with E-state index in [1.807, 2.05) is 57.5 Å². The summed E-state index contributed by atoms with van der Waals surface area (Å²) in [6.07, 6.45) is 3.43. The van der Waals surface area contributed by atoms with E-state index in [-0.39, 0.29) is 17.7 Å². The van der Waals surface area contributed by atoms with Crippen LogP contribution >= 0.6 is 11.3 Å². The molecule has 1 aliphatic heterocycles. The Bertz CT molecular complexity index is 1110. The maximum absolute atomic E-state index is 13.7. The molecule has 2 atom stereocenters. The van der Waals surface area contributed by atoms with Crippen LogP contribution in [0.1, 0.15) is 78.0 Å². The summed E-state index contributed by atoms with van der Waals surface area (Å²) in [5.74, 6) is -0.455. The van der Waals surface area contributed by atoms with Crippen molar-refractivity contribution in [3.63, 3.8) is 0 Å². The summed E-state index contributed by atoms with van der Waals surface area (Å²) in [5.41, 5.74) is 4.48. The average molecular weight is 556 g/mol. The maximum atomic E-state index is 13.7. The minimum absolute atomic E-state index is 0.120. The predicted molar refractivity (Wildman–Crippen MR) is 157 cm³/mol. The summed E-state index contributed by atoms with van der Waals surface area (Å²) in [5, 5.41) is 9.36. The maximum Gasteiger partial charge on any atom is 0.246 e. The Balaban J connectivity index is 1.56. The van der Waals surface area contributed by atoms with Gasteiger partial charge in [0.2, 0.25) is 17.7 Å². The van der Waals surface area contributed by atoms with Crippen LogP contribution in [-0.4, -0.2) is 58.8 Å². The van der Waals surface area contributed by atoms with Gasteiger partial charge in [-0.1, -0.05) is 58.9 Å². The number of unbranched alkanes of at least 4 members (excludes halogenated alkanes) is 1. The van der Waals surface area contributed by atoms with Crippen molar-refractivity contribution in [1.82, 2.24) is 25.8 Å². The standard InChI is InChI=1S/C30H45N5O3S/c1-20(2)31-16-8-7-11-25(36)34-27(30(4,5)6)29(38)35-17-9-10-24(35)28(37)32-18-22-12-14-23(15-13-22)26-21(3)33-19-39-26/h12-15,19-20,24,27,31H,7-11,16-18H2,1-6H3,(H,32,37)(H,34,36)/t24-,27+/m0/s1. The molecule has 1 aromatic heterocycles. The zero-order valence-corrected chi connectivity index (χ0v) is 25.1. The number of carbonyl (C=O) groups is 3. The average Bonchev–Trinajstić information content (AvgIpc) is 3.54. The number of nitrogens with one attached hydrogen (secondary N) is 3. The van der Waals surface area contributed by atoms with Crippen molar-refractivity contribution in [3.05, 3.63) is 41.0 Å². The fraction of sp³-hybridized carbons (Fsp3) is 0.600. The second kappa shape index (κ2) is 14.0. The van der Waals surface area contributed by atoms with Gasteiger partial charge in [-0.15, -0.1) is 11.3 Å². The fourth-order valence-corrected chi connectivity index (χ4v) is 5.62. The third-order valence-corrected chi connectivity index (χ3v) is 8.05. The third kappa shape index (κ3) is 8.86. The minimum atomic E-state index is -0.685. The molecule has 214 valence electrons. The van der Waals surface area contributed by atoms with Crippen molar-refractivity contribution < 1.29 is 14.4 Å². The molecule has 0 spiro atoms. The lowest BCUT2D eigenvalue weighted by Gasteiger charge is -2.35. The van der Waals surface area contributed by atoms with Crippen LogP contribution in [0.5, 0.6) is 0 Å². The molecule has 0 unspecified atom stereocenters. The van der Waals surface area contributed by atoms with Gasteiger partial charge in [0.05, 0.1) is 16.1 Å². The van der Waals surface area contributed by atoms with Gasteiger partial charge in [0.15, 0.2) is 0 Å². The lowest BCUT2D eigenvalue weighted by molar-refractivity contribution is -0.143. The number of thiazole rings is 1. The van der Waals surface area contributed by atoms with E-state index in [0.29, 0.717) is 32.0 Å². The SMILES string of the molecule is Cc1ncsc1-c1ccc(CNC(=O)[C@@H]2CCCN2C(=O)[C@@H](NC(=O)CCCCNC(C)C)C(C)(C)C)cc1. The first-order valence-electron chi connectivity index (χ1n) is 14.1. The van der Waals surface area contributed by atoms with Gasteiger partial charge in [-0.05, 0) is 55.7 Å². The molecule has 0 saturated carbocycles. The number of hydrogen-bond donors (Lipinski definition) is 3. The molecule has 9 heteroatoms. The Morgan fingerprint density at radius 1 is 1.13 bits per heavy atom. The Labute approximate surface area is 237 Å². The molecular formula is C30H45N5O3S. The number of carbonyl (C=O) groups excluding carboxylic acids is 3. The van der Waals surface area contributed by atoms with Gasteiger partial charge in [-0.3, -0.25) is 14.4 Å². The number of hydrogen-bond acceptors (Lipinski definition) is 6. The van der Waals surface area contributed by atoms with Gasteiger partial charge in [0, 0.05) is 25.6 Å². The van der Waals surface area contributed by atoms with Crippen LogP contribution in [0.3, 0.4) is 0 Å². The zero-order chi connectivity index (χ0) is 28.6. The van der Waals surface area contributed by atoms with Gasteiger partial charge in [0.25, 0.3) is 0 Å². The highest BCUT2D eigenvalue weighted by Crippen LogP contribution is 2.28. The summed E-state index contributed by atoms with van der Waals surface area (Å²) in [4.78, 5) is 46.7. The third-order valence-electron chi connectivity index (χ3n) is 7.07. The fourth-order valence-electron chi connectivity index (χ4n) is 4.81. The van der Waals surface area contributed by atoms with Crippen LogP contribution in [0, 0.1) is 12.3 Å². The van der Waals surface area contributed by atoms with E-state index >= 15 is 0 Å². The molecule has 3 rings (SSSR count). The second-order valence-electron chi connectivity index (χ2n) is 11.8. The molecule has 8 nitrogen and oxygen atoms in total. The molecule has 1 aliphatic rings. The largest absolute Gasteiger partial charge is 0.350 e. The van der Waals surface area contributed by atoms with Crippen LogP contribution < -0.4 is 16.0 Å². The van der Waals surface area contributed by atoms with Crippen molar-refractivity contribution in [3.8, 4) is 10.4 Å². The Morgan fingerprint density at radius 2 is 1.85 bits per heavy atom. The summed E-state index contributed by atoms with van der Waals surface area (Å²) in [7, 11) is 0. The van der Waals surface area contributed by atoms with Gasteiger partial charge < -0.3 is 20.9 Å². The van der Waals surface area contributed by atoms with Gasteiger partial charge >= 0.3 is 0 Å². The minimum Gasteiger partial charge on any atom is -0.350 e. The van der Waals surface area contributed by atoms with Crippen LogP contribution in [0.4, 0.5) is 0 Å². The van der Waals surface area contributed by atoms with Crippen LogP contribution in [0.15, 0.2) is 29.8 Å². The van der Waals surface area contributed by atoms with Gasteiger partial charge in [-0.25, -0.2) is 4.98 Å². The van der Waals surface area contributed by atoms with Crippen molar-refractivity contribution in [1.29, 1.82) is 0 Å². The monoisotopic (exact) mass is 555 g/mol. The van der Waals surface area contributed by atoms with E-state index in [9.17, 15) is 14.4 Å². The Hall–Kier alpha value is -2.78. The van der Waals surface area contributed by atoms with E-state index in [4.69, 9.17) is 0 Å². The first-order chi connectivity index (χ1) is 18.5. The Morgan fingerprint density at radius 3 is 2.46 bits per heavy atom. The molecule has 3 N–H and O–H groups in total. The van der Waals surface area contributed by atoms with Crippen LogP contribution in [0.25, 0.3) is 10.4 Å². The van der Waals surface area contributed by atoms with E-state index in [1.165, 1.54) is 0 Å².